The highest BCUT2D eigenvalue weighted by molar-refractivity contribution is 9.10. The summed E-state index contributed by atoms with van der Waals surface area (Å²) in [6.07, 6.45) is 0.128. The van der Waals surface area contributed by atoms with Crippen LogP contribution in [0.3, 0.4) is 0 Å². The Bertz CT molecular complexity index is 816. The first-order valence-electron chi connectivity index (χ1n) is 7.40. The van der Waals surface area contributed by atoms with Crippen LogP contribution in [0.1, 0.15) is 16.5 Å². The molecule has 1 saturated heterocycles. The van der Waals surface area contributed by atoms with E-state index in [4.69, 9.17) is 11.6 Å². The standard InChI is InChI=1S/C17H14BrClN2O3S/c18-11-3-6-14(22)13(8-11)17-21(16(24)9-25-17)20-15(23)7-10-1-4-12(19)5-2-10/h1-6,8,17,22H,7,9H2,(H,20,23). The Balaban J connectivity index is 1.74. The van der Waals surface area contributed by atoms with Crippen LogP contribution in [0.2, 0.25) is 5.02 Å². The predicted octanol–water partition coefficient (Wildman–Crippen LogP) is 3.66. The van der Waals surface area contributed by atoms with Crippen LogP contribution in [0.5, 0.6) is 5.75 Å². The Morgan fingerprint density at radius 2 is 2.04 bits per heavy atom. The van der Waals surface area contributed by atoms with Gasteiger partial charge in [-0.05, 0) is 35.9 Å². The van der Waals surface area contributed by atoms with Crippen LogP contribution in [-0.2, 0) is 16.0 Å². The molecule has 1 unspecified atom stereocenters. The van der Waals surface area contributed by atoms with Gasteiger partial charge in [-0.15, -0.1) is 11.8 Å². The Morgan fingerprint density at radius 1 is 1.32 bits per heavy atom. The molecule has 5 nitrogen and oxygen atoms in total. The van der Waals surface area contributed by atoms with Crippen molar-refractivity contribution in [1.82, 2.24) is 10.4 Å². The monoisotopic (exact) mass is 440 g/mol. The lowest BCUT2D eigenvalue weighted by atomic mass is 10.1. The lowest BCUT2D eigenvalue weighted by Crippen LogP contribution is -2.45. The third-order valence-corrected chi connectivity index (χ3v) is 5.59. The minimum absolute atomic E-state index is 0.0763. The van der Waals surface area contributed by atoms with Gasteiger partial charge in [0.2, 0.25) is 5.91 Å². The highest BCUT2D eigenvalue weighted by Gasteiger charge is 2.35. The van der Waals surface area contributed by atoms with E-state index in [2.05, 4.69) is 21.4 Å². The van der Waals surface area contributed by atoms with E-state index in [1.807, 2.05) is 0 Å². The fourth-order valence-electron chi connectivity index (χ4n) is 2.46. The van der Waals surface area contributed by atoms with E-state index in [1.165, 1.54) is 16.8 Å². The molecule has 0 aromatic heterocycles. The van der Waals surface area contributed by atoms with Gasteiger partial charge in [-0.25, -0.2) is 5.01 Å². The third kappa shape index (κ3) is 4.29. The second-order valence-corrected chi connectivity index (χ2v) is 7.89. The van der Waals surface area contributed by atoms with Crippen molar-refractivity contribution in [2.24, 2.45) is 0 Å². The summed E-state index contributed by atoms with van der Waals surface area (Å²) in [5, 5.41) is 11.5. The van der Waals surface area contributed by atoms with Gasteiger partial charge in [-0.2, -0.15) is 0 Å². The van der Waals surface area contributed by atoms with E-state index in [0.717, 1.165) is 10.0 Å². The molecule has 0 saturated carbocycles. The lowest BCUT2D eigenvalue weighted by Gasteiger charge is -2.25. The minimum Gasteiger partial charge on any atom is -0.508 e. The van der Waals surface area contributed by atoms with E-state index in [1.54, 1.807) is 42.5 Å². The molecule has 25 heavy (non-hydrogen) atoms. The number of carbonyl (C=O) groups excluding carboxylic acids is 2. The van der Waals surface area contributed by atoms with Crippen LogP contribution in [-0.4, -0.2) is 27.7 Å². The Morgan fingerprint density at radius 3 is 2.76 bits per heavy atom. The molecule has 0 spiro atoms. The van der Waals surface area contributed by atoms with Gasteiger partial charge >= 0.3 is 0 Å². The SMILES string of the molecule is O=C(Cc1ccc(Cl)cc1)NN1C(=O)CSC1c1cc(Br)ccc1O. The molecular weight excluding hydrogens is 428 g/mol. The fourth-order valence-corrected chi connectivity index (χ4v) is 4.09. The smallest absolute Gasteiger partial charge is 0.252 e. The molecule has 3 rings (SSSR count). The van der Waals surface area contributed by atoms with Crippen molar-refractivity contribution >= 4 is 51.1 Å². The summed E-state index contributed by atoms with van der Waals surface area (Å²) in [5.74, 6) is -0.207. The molecule has 1 heterocycles. The number of nitrogens with zero attached hydrogens (tertiary/aromatic N) is 1. The molecule has 1 aliphatic heterocycles. The molecule has 2 aromatic rings. The van der Waals surface area contributed by atoms with Gasteiger partial charge in [0.15, 0.2) is 0 Å². The number of hydrogen-bond donors (Lipinski definition) is 2. The zero-order valence-corrected chi connectivity index (χ0v) is 16.1. The number of hydrazine groups is 1. The number of nitrogens with one attached hydrogen (secondary N) is 1. The molecule has 2 amide bonds. The maximum Gasteiger partial charge on any atom is 0.252 e. The van der Waals surface area contributed by atoms with E-state index >= 15 is 0 Å². The summed E-state index contributed by atoms with van der Waals surface area (Å²) in [5.41, 5.74) is 4.01. The maximum atomic E-state index is 12.3. The normalized spacial score (nSPS) is 17.0. The van der Waals surface area contributed by atoms with Gasteiger partial charge in [0, 0.05) is 15.1 Å². The summed E-state index contributed by atoms with van der Waals surface area (Å²) in [6, 6.07) is 12.0. The van der Waals surface area contributed by atoms with Crippen molar-refractivity contribution in [3.8, 4) is 5.75 Å². The van der Waals surface area contributed by atoms with Crippen LogP contribution in [0.15, 0.2) is 46.9 Å². The number of phenolic OH excluding ortho intramolecular Hbond substituents is 1. The van der Waals surface area contributed by atoms with Gasteiger partial charge in [-0.1, -0.05) is 39.7 Å². The molecule has 8 heteroatoms. The Hall–Kier alpha value is -1.70. The molecular formula is C17H14BrClN2O3S. The summed E-state index contributed by atoms with van der Waals surface area (Å²) >= 11 is 10.5. The largest absolute Gasteiger partial charge is 0.508 e. The number of phenols is 1. The van der Waals surface area contributed by atoms with E-state index in [9.17, 15) is 14.7 Å². The summed E-state index contributed by atoms with van der Waals surface area (Å²) in [4.78, 5) is 24.5. The average molecular weight is 442 g/mol. The van der Waals surface area contributed by atoms with E-state index < -0.39 is 5.37 Å². The third-order valence-electron chi connectivity index (χ3n) is 3.65. The number of amides is 2. The number of hydrogen-bond acceptors (Lipinski definition) is 4. The number of rotatable bonds is 4. The fraction of sp³-hybridized carbons (Fsp3) is 0.176. The maximum absolute atomic E-state index is 12.3. The van der Waals surface area contributed by atoms with Crippen LogP contribution in [0.25, 0.3) is 0 Å². The van der Waals surface area contributed by atoms with Crippen molar-refractivity contribution in [3.05, 3.63) is 63.1 Å². The van der Waals surface area contributed by atoms with Crippen LogP contribution >= 0.6 is 39.3 Å². The Labute approximate surface area is 162 Å². The first-order valence-corrected chi connectivity index (χ1v) is 9.62. The van der Waals surface area contributed by atoms with Gasteiger partial charge in [-0.3, -0.25) is 15.0 Å². The number of aromatic hydroxyl groups is 1. The number of thioether (sulfide) groups is 1. The first-order chi connectivity index (χ1) is 11.9. The van der Waals surface area contributed by atoms with Crippen molar-refractivity contribution < 1.29 is 14.7 Å². The molecule has 130 valence electrons. The van der Waals surface area contributed by atoms with Crippen molar-refractivity contribution in [1.29, 1.82) is 0 Å². The summed E-state index contributed by atoms with van der Waals surface area (Å²) < 4.78 is 0.785. The van der Waals surface area contributed by atoms with Gasteiger partial charge in [0.25, 0.3) is 5.91 Å². The van der Waals surface area contributed by atoms with Crippen molar-refractivity contribution in [2.75, 3.05) is 5.75 Å². The lowest BCUT2D eigenvalue weighted by molar-refractivity contribution is -0.139. The molecule has 0 aliphatic carbocycles. The topological polar surface area (TPSA) is 69.6 Å². The van der Waals surface area contributed by atoms with Crippen molar-refractivity contribution in [3.63, 3.8) is 0 Å². The van der Waals surface area contributed by atoms with Gasteiger partial charge in [0.1, 0.15) is 11.1 Å². The Kier molecular flexibility index (Phi) is 5.56. The first kappa shape index (κ1) is 18.1. The van der Waals surface area contributed by atoms with Crippen LogP contribution in [0, 0.1) is 0 Å². The van der Waals surface area contributed by atoms with Gasteiger partial charge < -0.3 is 5.11 Å². The van der Waals surface area contributed by atoms with Gasteiger partial charge in [0.05, 0.1) is 12.2 Å². The van der Waals surface area contributed by atoms with Crippen molar-refractivity contribution in [2.45, 2.75) is 11.8 Å². The number of benzene rings is 2. The predicted molar refractivity (Wildman–Crippen MR) is 101 cm³/mol. The molecule has 0 radical (unpaired) electrons. The highest BCUT2D eigenvalue weighted by Crippen LogP contribution is 2.42. The van der Waals surface area contributed by atoms with E-state index in [-0.39, 0.29) is 29.7 Å². The summed E-state index contributed by atoms with van der Waals surface area (Å²) in [7, 11) is 0. The summed E-state index contributed by atoms with van der Waals surface area (Å²) in [6.45, 7) is 0. The molecule has 1 atom stereocenters. The van der Waals surface area contributed by atoms with Crippen LogP contribution < -0.4 is 5.43 Å². The number of halogens is 2. The average Bonchev–Trinajstić information content (AvgIpc) is 2.93. The second kappa shape index (κ2) is 7.68. The van der Waals surface area contributed by atoms with Crippen LogP contribution in [0.4, 0.5) is 0 Å². The highest BCUT2D eigenvalue weighted by atomic mass is 79.9. The minimum atomic E-state index is -0.473. The molecule has 2 aromatic carbocycles. The molecule has 2 N–H and O–H groups in total. The zero-order valence-electron chi connectivity index (χ0n) is 12.9. The molecule has 1 aliphatic rings. The molecule has 1 fully saturated rings. The quantitative estimate of drug-likeness (QED) is 0.760. The number of carbonyl (C=O) groups is 2. The second-order valence-electron chi connectivity index (χ2n) is 5.47. The molecule has 0 bridgehead atoms. The van der Waals surface area contributed by atoms with E-state index in [0.29, 0.717) is 10.6 Å². The zero-order chi connectivity index (χ0) is 18.0.